The van der Waals surface area contributed by atoms with Crippen LogP contribution in [-0.4, -0.2) is 66.9 Å². The molecule has 0 spiro atoms. The lowest BCUT2D eigenvalue weighted by molar-refractivity contribution is -0.0684. The number of hydrogen-bond donors (Lipinski definition) is 2. The minimum Gasteiger partial charge on any atom is -0.386 e. The summed E-state index contributed by atoms with van der Waals surface area (Å²) >= 11 is 2.81. The van der Waals surface area contributed by atoms with Crippen LogP contribution in [0.4, 0.5) is 0 Å². The summed E-state index contributed by atoms with van der Waals surface area (Å²) in [5.74, 6) is 0. The number of ether oxygens (including phenoxy) is 1. The summed E-state index contributed by atoms with van der Waals surface area (Å²) < 4.78 is 28.9. The van der Waals surface area contributed by atoms with Gasteiger partial charge in [-0.1, -0.05) is 11.8 Å². The molecular formula is C12H15N4O6PS2. The van der Waals surface area contributed by atoms with Crippen molar-refractivity contribution in [3.05, 3.63) is 6.33 Å². The van der Waals surface area contributed by atoms with E-state index < -0.39 is 32.4 Å². The number of phosphoric ester groups is 1. The number of thioether (sulfide) groups is 2. The number of hydrogen-bond acceptors (Lipinski definition) is 10. The summed E-state index contributed by atoms with van der Waals surface area (Å²) in [6.07, 6.45) is 1.48. The number of phosphoric acid groups is 1. The fraction of sp³-hybridized carbons (Fsp3) is 0.583. The third-order valence-corrected chi connectivity index (χ3v) is 6.33. The van der Waals surface area contributed by atoms with Crippen LogP contribution in [0.2, 0.25) is 0 Å². The molecule has 2 aliphatic rings. The van der Waals surface area contributed by atoms with Crippen LogP contribution in [0.15, 0.2) is 16.5 Å². The van der Waals surface area contributed by atoms with E-state index in [-0.39, 0.29) is 6.61 Å². The largest absolute Gasteiger partial charge is 0.472 e. The second-order valence-electron chi connectivity index (χ2n) is 5.41. The maximum absolute atomic E-state index is 11.6. The van der Waals surface area contributed by atoms with Crippen molar-refractivity contribution < 1.29 is 28.3 Å². The van der Waals surface area contributed by atoms with Gasteiger partial charge in [0.1, 0.15) is 35.2 Å². The van der Waals surface area contributed by atoms with Crippen molar-refractivity contribution in [2.45, 2.75) is 34.7 Å². The van der Waals surface area contributed by atoms with Crippen molar-refractivity contribution in [1.29, 1.82) is 0 Å². The molecule has 25 heavy (non-hydrogen) atoms. The molecule has 2 fully saturated rings. The molecule has 4 heterocycles. The average molecular weight is 406 g/mol. The van der Waals surface area contributed by atoms with Gasteiger partial charge in [0.25, 0.3) is 0 Å². The van der Waals surface area contributed by atoms with Crippen molar-refractivity contribution in [3.8, 4) is 0 Å². The molecule has 2 aliphatic heterocycles. The Bertz CT molecular complexity index is 865. The summed E-state index contributed by atoms with van der Waals surface area (Å²) in [6.45, 7) is -0.141. The topological polar surface area (TPSA) is 129 Å². The van der Waals surface area contributed by atoms with Crippen molar-refractivity contribution in [2.75, 3.05) is 19.1 Å². The summed E-state index contributed by atoms with van der Waals surface area (Å²) in [4.78, 5) is 22.5. The first kappa shape index (κ1) is 17.7. The van der Waals surface area contributed by atoms with Crippen LogP contribution in [0.1, 0.15) is 6.23 Å². The Morgan fingerprint density at radius 3 is 2.88 bits per heavy atom. The third-order valence-electron chi connectivity index (χ3n) is 4.01. The highest BCUT2D eigenvalue weighted by molar-refractivity contribution is 7.99. The molecule has 13 heteroatoms. The monoisotopic (exact) mass is 406 g/mol. The first-order chi connectivity index (χ1) is 11.9. The van der Waals surface area contributed by atoms with Crippen LogP contribution in [0.3, 0.4) is 0 Å². The Hall–Kier alpha value is -0.720. The maximum Gasteiger partial charge on any atom is 0.472 e. The molecule has 2 saturated heterocycles. The zero-order valence-electron chi connectivity index (χ0n) is 13.2. The van der Waals surface area contributed by atoms with E-state index in [1.807, 2.05) is 12.5 Å². The number of rotatable bonds is 3. The van der Waals surface area contributed by atoms with E-state index in [1.54, 1.807) is 4.57 Å². The molecule has 10 nitrogen and oxygen atoms in total. The molecule has 0 saturated carbocycles. The van der Waals surface area contributed by atoms with E-state index in [0.29, 0.717) is 21.3 Å². The Kier molecular flexibility index (Phi) is 4.57. The molecule has 4 rings (SSSR count). The third kappa shape index (κ3) is 2.90. The molecule has 2 N–H and O–H groups in total. The minimum atomic E-state index is -4.18. The van der Waals surface area contributed by atoms with Crippen LogP contribution in [0.25, 0.3) is 11.2 Å². The lowest BCUT2D eigenvalue weighted by atomic mass is 10.1. The highest BCUT2D eigenvalue weighted by Gasteiger charge is 2.53. The van der Waals surface area contributed by atoms with Crippen LogP contribution in [0, 0.1) is 0 Å². The van der Waals surface area contributed by atoms with E-state index in [9.17, 15) is 14.6 Å². The molecule has 0 aliphatic carbocycles. The van der Waals surface area contributed by atoms with Gasteiger partial charge < -0.3 is 14.7 Å². The van der Waals surface area contributed by atoms with Gasteiger partial charge >= 0.3 is 7.82 Å². The zero-order chi connectivity index (χ0) is 17.8. The zero-order valence-corrected chi connectivity index (χ0v) is 15.7. The molecule has 1 unspecified atom stereocenters. The van der Waals surface area contributed by atoms with E-state index in [1.165, 1.54) is 29.9 Å². The Labute approximate surface area is 150 Å². The van der Waals surface area contributed by atoms with Gasteiger partial charge in [0, 0.05) is 0 Å². The van der Waals surface area contributed by atoms with Gasteiger partial charge in [0.05, 0.1) is 6.61 Å². The van der Waals surface area contributed by atoms with Gasteiger partial charge in [-0.15, -0.1) is 11.8 Å². The molecule has 0 aromatic carbocycles. The summed E-state index contributed by atoms with van der Waals surface area (Å²) in [7, 11) is -4.18. The fourth-order valence-corrected chi connectivity index (χ4v) is 4.96. The summed E-state index contributed by atoms with van der Waals surface area (Å²) in [5.41, 5.74) is 1.12. The number of aromatic nitrogens is 4. The SMILES string of the molecule is CSc1ncnc2c1nc(SC)n2[C@@H]1O[C@@H]2COP(=O)(O)O[C@H]2[C@H]1O. The molecular weight excluding hydrogens is 391 g/mol. The average Bonchev–Trinajstić information content (AvgIpc) is 3.11. The second kappa shape index (κ2) is 6.46. The number of fused-ring (bicyclic) bond motifs is 2. The molecule has 0 radical (unpaired) electrons. The van der Waals surface area contributed by atoms with Gasteiger partial charge in [0.15, 0.2) is 17.0 Å². The van der Waals surface area contributed by atoms with Crippen molar-refractivity contribution in [2.24, 2.45) is 0 Å². The van der Waals surface area contributed by atoms with Crippen LogP contribution in [-0.2, 0) is 18.3 Å². The van der Waals surface area contributed by atoms with Crippen LogP contribution < -0.4 is 0 Å². The van der Waals surface area contributed by atoms with Gasteiger partial charge in [-0.05, 0) is 12.5 Å². The maximum atomic E-state index is 11.6. The highest BCUT2D eigenvalue weighted by Crippen LogP contribution is 2.52. The number of imidazole rings is 1. The van der Waals surface area contributed by atoms with E-state index in [4.69, 9.17) is 13.8 Å². The fourth-order valence-electron chi connectivity index (χ4n) is 2.94. The summed E-state index contributed by atoms with van der Waals surface area (Å²) in [6, 6.07) is 0. The number of nitrogens with zero attached hydrogens (tertiary/aromatic N) is 4. The predicted octanol–water partition coefficient (Wildman–Crippen LogP) is 1.04. The Morgan fingerprint density at radius 2 is 2.16 bits per heavy atom. The molecule has 2 aromatic rings. The number of aliphatic hydroxyl groups excluding tert-OH is 1. The van der Waals surface area contributed by atoms with Crippen molar-refractivity contribution in [1.82, 2.24) is 19.5 Å². The van der Waals surface area contributed by atoms with Gasteiger partial charge in [-0.2, -0.15) is 0 Å². The van der Waals surface area contributed by atoms with Crippen LogP contribution in [0.5, 0.6) is 0 Å². The second-order valence-corrected chi connectivity index (χ2v) is 8.39. The molecule has 2 aromatic heterocycles. The molecule has 0 amide bonds. The number of aliphatic hydroxyl groups is 1. The van der Waals surface area contributed by atoms with E-state index in [0.717, 1.165) is 0 Å². The quantitative estimate of drug-likeness (QED) is 0.431. The lowest BCUT2D eigenvalue weighted by Gasteiger charge is -2.27. The Balaban J connectivity index is 1.78. The van der Waals surface area contributed by atoms with E-state index in [2.05, 4.69) is 15.0 Å². The van der Waals surface area contributed by atoms with E-state index >= 15 is 0 Å². The van der Waals surface area contributed by atoms with Gasteiger partial charge in [-0.3, -0.25) is 13.6 Å². The highest BCUT2D eigenvalue weighted by atomic mass is 32.2. The molecule has 136 valence electrons. The first-order valence-corrected chi connectivity index (χ1v) is 11.2. The van der Waals surface area contributed by atoms with Crippen molar-refractivity contribution >= 4 is 42.5 Å². The standard InChI is InChI=1S/C12H15N4O6PS2/c1-24-10-6-9(13-4-14-10)16(12(15-6)25-2)11-7(17)8-5(21-11)3-20-23(18,19)22-8/h4-5,7-8,11,17H,3H2,1-2H3,(H,18,19)/t5-,7-,8-,11-/m1/s1. The van der Waals surface area contributed by atoms with Gasteiger partial charge in [0.2, 0.25) is 0 Å². The first-order valence-electron chi connectivity index (χ1n) is 7.25. The Morgan fingerprint density at radius 1 is 1.36 bits per heavy atom. The normalized spacial score (nSPS) is 35.2. The lowest BCUT2D eigenvalue weighted by Crippen LogP contribution is -2.39. The van der Waals surface area contributed by atoms with Gasteiger partial charge in [-0.25, -0.2) is 19.5 Å². The minimum absolute atomic E-state index is 0.141. The molecule has 0 bridgehead atoms. The van der Waals surface area contributed by atoms with Crippen molar-refractivity contribution in [3.63, 3.8) is 0 Å². The van der Waals surface area contributed by atoms with Crippen LogP contribution >= 0.6 is 31.3 Å². The predicted molar refractivity (Wildman–Crippen MR) is 89.5 cm³/mol. The smallest absolute Gasteiger partial charge is 0.386 e. The molecule has 5 atom stereocenters. The summed E-state index contributed by atoms with van der Waals surface area (Å²) in [5, 5.41) is 11.9.